The van der Waals surface area contributed by atoms with Crippen LogP contribution in [0, 0.1) is 0 Å². The topological polar surface area (TPSA) is 57.7 Å². The Labute approximate surface area is 114 Å². The largest absolute Gasteiger partial charge is 0.342 e. The van der Waals surface area contributed by atoms with Gasteiger partial charge >= 0.3 is 0 Å². The maximum absolute atomic E-state index is 12.1. The Morgan fingerprint density at radius 3 is 2.50 bits per heavy atom. The molecule has 1 aliphatic heterocycles. The van der Waals surface area contributed by atoms with Crippen LogP contribution in [0.25, 0.3) is 0 Å². The highest BCUT2D eigenvalue weighted by atomic mass is 35.5. The van der Waals surface area contributed by atoms with E-state index in [-0.39, 0.29) is 11.7 Å². The van der Waals surface area contributed by atoms with Crippen LogP contribution in [-0.2, 0) is 14.8 Å². The van der Waals surface area contributed by atoms with Crippen molar-refractivity contribution in [1.82, 2.24) is 9.21 Å². The predicted molar refractivity (Wildman–Crippen MR) is 72.2 cm³/mol. The standard InChI is InChI=1S/C11H21ClN2O3S/c1-11(15)13-6-4-7-14(9-8-13)18(16,17)10-3-2-5-12/h2-10H2,1H3. The van der Waals surface area contributed by atoms with E-state index in [1.807, 2.05) is 0 Å². The molecule has 1 aliphatic rings. The van der Waals surface area contributed by atoms with Crippen molar-refractivity contribution in [3.63, 3.8) is 0 Å². The Kier molecular flexibility index (Phi) is 6.38. The number of rotatable bonds is 5. The molecule has 0 N–H and O–H groups in total. The molecule has 1 fully saturated rings. The summed E-state index contributed by atoms with van der Waals surface area (Å²) in [5.74, 6) is 0.657. The quantitative estimate of drug-likeness (QED) is 0.559. The molecule has 106 valence electrons. The molecule has 0 bridgehead atoms. The van der Waals surface area contributed by atoms with Crippen molar-refractivity contribution >= 4 is 27.5 Å². The van der Waals surface area contributed by atoms with Crippen LogP contribution in [0.5, 0.6) is 0 Å². The molecule has 18 heavy (non-hydrogen) atoms. The highest BCUT2D eigenvalue weighted by molar-refractivity contribution is 7.89. The first-order chi connectivity index (χ1) is 8.47. The first-order valence-corrected chi connectivity index (χ1v) is 8.41. The molecule has 0 aromatic carbocycles. The molecule has 1 amide bonds. The average molecular weight is 297 g/mol. The van der Waals surface area contributed by atoms with Gasteiger partial charge in [-0.2, -0.15) is 0 Å². The Bertz CT molecular complexity index is 372. The zero-order valence-corrected chi connectivity index (χ0v) is 12.3. The second-order valence-electron chi connectivity index (χ2n) is 4.47. The number of hydrogen-bond acceptors (Lipinski definition) is 3. The summed E-state index contributed by atoms with van der Waals surface area (Å²) >= 11 is 5.54. The fourth-order valence-corrected chi connectivity index (χ4v) is 3.78. The first-order valence-electron chi connectivity index (χ1n) is 6.26. The molecule has 0 aromatic rings. The van der Waals surface area contributed by atoms with Crippen LogP contribution in [0.15, 0.2) is 0 Å². The Balaban J connectivity index is 2.53. The minimum atomic E-state index is -3.19. The summed E-state index contributed by atoms with van der Waals surface area (Å²) in [7, 11) is -3.19. The van der Waals surface area contributed by atoms with Crippen molar-refractivity contribution < 1.29 is 13.2 Å². The fraction of sp³-hybridized carbons (Fsp3) is 0.909. The molecule has 0 radical (unpaired) electrons. The van der Waals surface area contributed by atoms with Crippen LogP contribution >= 0.6 is 11.6 Å². The van der Waals surface area contributed by atoms with Gasteiger partial charge in [-0.05, 0) is 19.3 Å². The lowest BCUT2D eigenvalue weighted by Crippen LogP contribution is -2.37. The molecule has 1 rings (SSSR count). The van der Waals surface area contributed by atoms with Gasteiger partial charge in [-0.15, -0.1) is 11.6 Å². The van der Waals surface area contributed by atoms with E-state index in [0.717, 1.165) is 0 Å². The molecule has 1 heterocycles. The van der Waals surface area contributed by atoms with Gasteiger partial charge in [-0.25, -0.2) is 12.7 Å². The lowest BCUT2D eigenvalue weighted by atomic mass is 10.4. The number of carbonyl (C=O) groups is 1. The van der Waals surface area contributed by atoms with Gasteiger partial charge in [0.1, 0.15) is 0 Å². The molecule has 0 aromatic heterocycles. The molecule has 0 spiro atoms. The molecular weight excluding hydrogens is 276 g/mol. The van der Waals surface area contributed by atoms with E-state index in [1.54, 1.807) is 4.90 Å². The van der Waals surface area contributed by atoms with Gasteiger partial charge in [0.25, 0.3) is 0 Å². The number of amides is 1. The number of alkyl halides is 1. The van der Waals surface area contributed by atoms with Crippen LogP contribution in [0.4, 0.5) is 0 Å². The average Bonchev–Trinajstić information content (AvgIpc) is 2.55. The number of halogens is 1. The van der Waals surface area contributed by atoms with E-state index in [1.165, 1.54) is 11.2 Å². The summed E-state index contributed by atoms with van der Waals surface area (Å²) in [6, 6.07) is 0. The second-order valence-corrected chi connectivity index (χ2v) is 6.94. The monoisotopic (exact) mass is 296 g/mol. The van der Waals surface area contributed by atoms with Gasteiger partial charge < -0.3 is 4.90 Å². The summed E-state index contributed by atoms with van der Waals surface area (Å²) in [4.78, 5) is 13.0. The lowest BCUT2D eigenvalue weighted by Gasteiger charge is -2.20. The minimum absolute atomic E-state index is 0.0105. The molecule has 0 saturated carbocycles. The molecule has 0 aliphatic carbocycles. The predicted octanol–water partition coefficient (Wildman–Crippen LogP) is 0.889. The Morgan fingerprint density at radius 2 is 1.89 bits per heavy atom. The summed E-state index contributed by atoms with van der Waals surface area (Å²) in [5, 5.41) is 0. The van der Waals surface area contributed by atoms with Gasteiger partial charge in [0, 0.05) is 39.0 Å². The summed E-state index contributed by atoms with van der Waals surface area (Å²) in [5.41, 5.74) is 0. The van der Waals surface area contributed by atoms with Gasteiger partial charge in [-0.1, -0.05) is 0 Å². The van der Waals surface area contributed by atoms with E-state index < -0.39 is 10.0 Å². The van der Waals surface area contributed by atoms with E-state index >= 15 is 0 Å². The van der Waals surface area contributed by atoms with Crippen LogP contribution in [0.2, 0.25) is 0 Å². The Hall–Kier alpha value is -0.330. The zero-order valence-electron chi connectivity index (χ0n) is 10.8. The maximum Gasteiger partial charge on any atom is 0.219 e. The molecule has 1 saturated heterocycles. The third-order valence-corrected chi connectivity index (χ3v) is 5.30. The van der Waals surface area contributed by atoms with Gasteiger partial charge in [-0.3, -0.25) is 4.79 Å². The van der Waals surface area contributed by atoms with E-state index in [9.17, 15) is 13.2 Å². The van der Waals surface area contributed by atoms with Crippen molar-refractivity contribution in [2.75, 3.05) is 37.8 Å². The summed E-state index contributed by atoms with van der Waals surface area (Å²) < 4.78 is 25.6. The van der Waals surface area contributed by atoms with E-state index in [4.69, 9.17) is 11.6 Å². The summed E-state index contributed by atoms with van der Waals surface area (Å²) in [6.45, 7) is 3.56. The van der Waals surface area contributed by atoms with Crippen LogP contribution in [0.1, 0.15) is 26.2 Å². The SMILES string of the molecule is CC(=O)N1CCCN(S(=O)(=O)CCCCCl)CC1. The molecule has 7 heteroatoms. The minimum Gasteiger partial charge on any atom is -0.342 e. The van der Waals surface area contributed by atoms with E-state index in [0.29, 0.717) is 51.3 Å². The number of unbranched alkanes of at least 4 members (excludes halogenated alkanes) is 1. The van der Waals surface area contributed by atoms with Gasteiger partial charge in [0.15, 0.2) is 0 Å². The van der Waals surface area contributed by atoms with Gasteiger partial charge in [0.05, 0.1) is 5.75 Å². The fourth-order valence-electron chi connectivity index (χ4n) is 1.99. The van der Waals surface area contributed by atoms with Crippen molar-refractivity contribution in [1.29, 1.82) is 0 Å². The first kappa shape index (κ1) is 15.7. The number of carbonyl (C=O) groups excluding carboxylic acids is 1. The van der Waals surface area contributed by atoms with Crippen LogP contribution in [-0.4, -0.2) is 61.3 Å². The lowest BCUT2D eigenvalue weighted by molar-refractivity contribution is -0.128. The normalized spacial score (nSPS) is 18.7. The number of sulfonamides is 1. The number of hydrogen-bond donors (Lipinski definition) is 0. The smallest absolute Gasteiger partial charge is 0.219 e. The van der Waals surface area contributed by atoms with Crippen molar-refractivity contribution in [2.24, 2.45) is 0 Å². The van der Waals surface area contributed by atoms with Crippen LogP contribution < -0.4 is 0 Å². The summed E-state index contributed by atoms with van der Waals surface area (Å²) in [6.07, 6.45) is 2.02. The van der Waals surface area contributed by atoms with E-state index in [2.05, 4.69) is 0 Å². The molecule has 0 atom stereocenters. The third kappa shape index (κ3) is 4.74. The molecule has 5 nitrogen and oxygen atoms in total. The van der Waals surface area contributed by atoms with Crippen molar-refractivity contribution in [2.45, 2.75) is 26.2 Å². The van der Waals surface area contributed by atoms with Gasteiger partial charge in [0.2, 0.25) is 15.9 Å². The highest BCUT2D eigenvalue weighted by Crippen LogP contribution is 2.10. The maximum atomic E-state index is 12.1. The second kappa shape index (κ2) is 7.31. The molecular formula is C11H21ClN2O3S. The third-order valence-electron chi connectivity index (χ3n) is 3.08. The number of nitrogens with zero attached hydrogens (tertiary/aromatic N) is 2. The zero-order chi connectivity index (χ0) is 13.6. The highest BCUT2D eigenvalue weighted by Gasteiger charge is 2.25. The van der Waals surface area contributed by atoms with Crippen molar-refractivity contribution in [3.05, 3.63) is 0 Å². The van der Waals surface area contributed by atoms with Crippen molar-refractivity contribution in [3.8, 4) is 0 Å². The Morgan fingerprint density at radius 1 is 1.17 bits per heavy atom. The van der Waals surface area contributed by atoms with Crippen LogP contribution in [0.3, 0.4) is 0 Å². The molecule has 0 unspecified atom stereocenters.